The fraction of sp³-hybridized carbons (Fsp3) is 0.400. The van der Waals surface area contributed by atoms with E-state index in [0.717, 1.165) is 12.1 Å². The van der Waals surface area contributed by atoms with Gasteiger partial charge in [-0.3, -0.25) is 0 Å². The summed E-state index contributed by atoms with van der Waals surface area (Å²) in [5, 5.41) is 7.19. The van der Waals surface area contributed by atoms with Crippen LogP contribution in [0.1, 0.15) is 17.5 Å². The summed E-state index contributed by atoms with van der Waals surface area (Å²) in [6, 6.07) is 4.84. The Balaban J connectivity index is 2.76. The molecule has 0 saturated carbocycles. The van der Waals surface area contributed by atoms with Crippen molar-refractivity contribution in [3.63, 3.8) is 0 Å². The first-order valence-electron chi connectivity index (χ1n) is 4.65. The van der Waals surface area contributed by atoms with Crippen LogP contribution in [0.2, 0.25) is 0 Å². The molecule has 0 amide bonds. The Labute approximate surface area is 94.5 Å². The minimum absolute atomic E-state index is 0.00564. The lowest BCUT2D eigenvalue weighted by Crippen LogP contribution is -2.29. The molecule has 0 unspecified atom stereocenters. The minimum atomic E-state index is -4.36. The van der Waals surface area contributed by atoms with Crippen molar-refractivity contribution in [2.24, 2.45) is 0 Å². The molecule has 0 aromatic heterocycles. The minimum Gasteiger partial charge on any atom is -0.409 e. The van der Waals surface area contributed by atoms with Crippen LogP contribution in [-0.4, -0.2) is 26.2 Å². The van der Waals surface area contributed by atoms with Crippen LogP contribution in [0.25, 0.3) is 0 Å². The van der Waals surface area contributed by atoms with Crippen molar-refractivity contribution in [3.05, 3.63) is 35.4 Å². The average Bonchev–Trinajstić information content (AvgIpc) is 2.13. The zero-order valence-corrected chi connectivity index (χ0v) is 8.46. The molecule has 0 spiro atoms. The summed E-state index contributed by atoms with van der Waals surface area (Å²) in [5.74, 6) is 0. The van der Waals surface area contributed by atoms with E-state index in [9.17, 15) is 13.2 Å². The van der Waals surface area contributed by atoms with Crippen LogP contribution in [0.15, 0.2) is 24.3 Å². The van der Waals surface area contributed by atoms with Gasteiger partial charge >= 0.3 is 6.18 Å². The summed E-state index contributed by atoms with van der Waals surface area (Å²) < 4.78 is 37.0. The van der Waals surface area contributed by atoms with E-state index in [1.165, 1.54) is 12.1 Å². The van der Waals surface area contributed by atoms with Gasteiger partial charge in [0.25, 0.3) is 0 Å². The first kappa shape index (κ1) is 13.2. The fourth-order valence-corrected chi connectivity index (χ4v) is 1.25. The molecule has 0 aliphatic heterocycles. The maximum atomic E-state index is 12.3. The van der Waals surface area contributed by atoms with Crippen molar-refractivity contribution in [3.8, 4) is 0 Å². The largest absolute Gasteiger partial charge is 0.416 e. The molecule has 0 aliphatic rings. The van der Waals surface area contributed by atoms with Gasteiger partial charge in [-0.25, -0.2) is 0 Å². The number of rotatable bonds is 3. The lowest BCUT2D eigenvalue weighted by atomic mass is 9.63. The molecule has 1 aromatic rings. The van der Waals surface area contributed by atoms with Crippen LogP contribution >= 0.6 is 0 Å². The third-order valence-corrected chi connectivity index (χ3v) is 2.07. The van der Waals surface area contributed by atoms with Gasteiger partial charge in [0, 0.05) is 0 Å². The average molecular weight is 224 g/mol. The molecule has 0 saturated heterocycles. The highest BCUT2D eigenvalue weighted by Crippen LogP contribution is 2.29. The first-order chi connectivity index (χ1) is 7.18. The summed E-state index contributed by atoms with van der Waals surface area (Å²) in [6.07, 6.45) is -4.18. The van der Waals surface area contributed by atoms with E-state index in [2.05, 4.69) is 0 Å². The third-order valence-electron chi connectivity index (χ3n) is 2.07. The first-order valence-corrected chi connectivity index (χ1v) is 4.65. The molecule has 1 N–H and O–H groups in total. The Morgan fingerprint density at radius 2 is 1.81 bits per heavy atom. The van der Waals surface area contributed by atoms with Gasteiger partial charge in [0.05, 0.1) is 21.3 Å². The molecule has 1 aromatic carbocycles. The van der Waals surface area contributed by atoms with Crippen molar-refractivity contribution in [1.29, 1.82) is 0 Å². The highest BCUT2D eigenvalue weighted by atomic mass is 19.4. The normalized spacial score (nSPS) is 12.8. The molecule has 1 rings (SSSR count). The lowest BCUT2D eigenvalue weighted by molar-refractivity contribution is -0.137. The summed E-state index contributed by atoms with van der Waals surface area (Å²) in [5.41, 5.74) is -0.285. The van der Waals surface area contributed by atoms with Crippen LogP contribution in [0.4, 0.5) is 13.2 Å². The molecule has 16 heavy (non-hydrogen) atoms. The van der Waals surface area contributed by atoms with Crippen LogP contribution in [0.3, 0.4) is 0 Å². The maximum absolute atomic E-state index is 12.3. The number of aryl methyl sites for hydroxylation is 1. The summed E-state index contributed by atoms with van der Waals surface area (Å²) in [6.45, 7) is 0. The highest BCUT2D eigenvalue weighted by Gasteiger charge is 2.30. The van der Waals surface area contributed by atoms with E-state index in [4.69, 9.17) is 20.8 Å². The number of benzene rings is 1. The summed E-state index contributed by atoms with van der Waals surface area (Å²) >= 11 is 0. The molecule has 82 valence electrons. The standard InChI is InChI=1S/C10H9B2F3O/c11-9(12,16)5-4-7-2-1-3-8(6-7)10(13,14)15/h1-3,6,16H,4-5H2. The number of hydrogen-bond acceptors (Lipinski definition) is 1. The number of halogens is 3. The van der Waals surface area contributed by atoms with E-state index < -0.39 is 17.1 Å². The highest BCUT2D eigenvalue weighted by molar-refractivity contribution is 6.38. The van der Waals surface area contributed by atoms with Gasteiger partial charge in [-0.15, -0.1) is 0 Å². The van der Waals surface area contributed by atoms with Crippen molar-refractivity contribution in [2.75, 3.05) is 0 Å². The van der Waals surface area contributed by atoms with E-state index >= 15 is 0 Å². The second-order valence-corrected chi connectivity index (χ2v) is 3.69. The van der Waals surface area contributed by atoms with Gasteiger partial charge in [-0.05, 0) is 29.9 Å². The zero-order valence-electron chi connectivity index (χ0n) is 8.46. The predicted octanol–water partition coefficient (Wildman–Crippen LogP) is 1.62. The molecule has 0 aliphatic carbocycles. The van der Waals surface area contributed by atoms with Crippen molar-refractivity contribution < 1.29 is 18.3 Å². The third kappa shape index (κ3) is 4.31. The van der Waals surface area contributed by atoms with Crippen LogP contribution in [-0.2, 0) is 12.6 Å². The summed E-state index contributed by atoms with van der Waals surface area (Å²) in [4.78, 5) is 0. The topological polar surface area (TPSA) is 20.2 Å². The van der Waals surface area contributed by atoms with Gasteiger partial charge in [0.2, 0.25) is 0 Å². The Morgan fingerprint density at radius 1 is 1.19 bits per heavy atom. The Bertz CT molecular complexity index is 358. The van der Waals surface area contributed by atoms with Gasteiger partial charge in [-0.1, -0.05) is 18.2 Å². The molecule has 1 nitrogen and oxygen atoms in total. The molecule has 0 bridgehead atoms. The smallest absolute Gasteiger partial charge is 0.409 e. The molecule has 0 atom stereocenters. The predicted molar refractivity (Wildman–Crippen MR) is 56.2 cm³/mol. The molecular formula is C10H9B2F3O. The Kier molecular flexibility index (Phi) is 3.73. The van der Waals surface area contributed by atoms with E-state index in [1.807, 2.05) is 0 Å². The van der Waals surface area contributed by atoms with Gasteiger partial charge in [-0.2, -0.15) is 13.2 Å². The van der Waals surface area contributed by atoms with Crippen molar-refractivity contribution >= 4 is 15.7 Å². The Morgan fingerprint density at radius 3 is 2.31 bits per heavy atom. The van der Waals surface area contributed by atoms with Crippen molar-refractivity contribution in [1.82, 2.24) is 0 Å². The zero-order chi connectivity index (χ0) is 12.4. The molecule has 4 radical (unpaired) electrons. The Hall–Kier alpha value is -0.900. The lowest BCUT2D eigenvalue weighted by Gasteiger charge is -2.18. The van der Waals surface area contributed by atoms with Gasteiger partial charge in [0.1, 0.15) is 0 Å². The molecule has 0 heterocycles. The molecule has 0 fully saturated rings. The molecular weight excluding hydrogens is 215 g/mol. The second kappa shape index (κ2) is 4.53. The van der Waals surface area contributed by atoms with Gasteiger partial charge in [0.15, 0.2) is 0 Å². The van der Waals surface area contributed by atoms with Crippen LogP contribution in [0.5, 0.6) is 0 Å². The molecule has 6 heteroatoms. The number of aliphatic hydroxyl groups is 1. The SMILES string of the molecule is [B]C([B])(O)CCc1cccc(C(F)(F)F)c1. The van der Waals surface area contributed by atoms with Crippen molar-refractivity contribution in [2.45, 2.75) is 24.4 Å². The number of hydrogen-bond donors (Lipinski definition) is 1. The summed E-state index contributed by atoms with van der Waals surface area (Å²) in [7, 11) is 10.2. The fourth-order valence-electron chi connectivity index (χ4n) is 1.25. The van der Waals surface area contributed by atoms with E-state index in [-0.39, 0.29) is 12.8 Å². The van der Waals surface area contributed by atoms with E-state index in [1.54, 1.807) is 0 Å². The van der Waals surface area contributed by atoms with Crippen LogP contribution in [0, 0.1) is 0 Å². The second-order valence-electron chi connectivity index (χ2n) is 3.69. The van der Waals surface area contributed by atoms with Crippen LogP contribution < -0.4 is 0 Å². The van der Waals surface area contributed by atoms with Gasteiger partial charge < -0.3 is 5.11 Å². The maximum Gasteiger partial charge on any atom is 0.416 e. The van der Waals surface area contributed by atoms with E-state index in [0.29, 0.717) is 5.56 Å². The monoisotopic (exact) mass is 224 g/mol. The number of alkyl halides is 3. The quantitative estimate of drug-likeness (QED) is 0.773.